The molecule has 1 aliphatic rings. The molecule has 0 aromatic heterocycles. The number of benzene rings is 3. The van der Waals surface area contributed by atoms with Crippen molar-refractivity contribution in [2.75, 3.05) is 32.8 Å². The lowest BCUT2D eigenvalue weighted by Crippen LogP contribution is -2.27. The van der Waals surface area contributed by atoms with Crippen LogP contribution in [0.25, 0.3) is 11.1 Å². The van der Waals surface area contributed by atoms with Gasteiger partial charge in [0.25, 0.3) is 0 Å². The van der Waals surface area contributed by atoms with Gasteiger partial charge in [-0.3, -0.25) is 0 Å². The molecule has 1 aliphatic heterocycles. The lowest BCUT2D eigenvalue weighted by atomic mass is 10.0. The van der Waals surface area contributed by atoms with E-state index in [-0.39, 0.29) is 5.75 Å². The molecule has 0 radical (unpaired) electrons. The van der Waals surface area contributed by atoms with Crippen LogP contribution in [-0.2, 0) is 17.9 Å². The Morgan fingerprint density at radius 3 is 2.52 bits per heavy atom. The smallest absolute Gasteiger partial charge is 0.162 e. The summed E-state index contributed by atoms with van der Waals surface area (Å²) in [6, 6.07) is 15.5. The molecule has 3 aromatic carbocycles. The van der Waals surface area contributed by atoms with Gasteiger partial charge in [0.2, 0.25) is 0 Å². The predicted molar refractivity (Wildman–Crippen MR) is 115 cm³/mol. The molecule has 4 rings (SSSR count). The molecule has 0 aliphatic carbocycles. The molecule has 1 heterocycles. The fraction of sp³-hybridized carbons (Fsp3) is 0.250. The van der Waals surface area contributed by atoms with Crippen LogP contribution < -0.4 is 14.9 Å². The summed E-state index contributed by atoms with van der Waals surface area (Å²) in [7, 11) is 3.12. The summed E-state index contributed by atoms with van der Waals surface area (Å²) in [5.74, 6) is -0.903. The van der Waals surface area contributed by atoms with E-state index >= 15 is 0 Å². The highest BCUT2D eigenvalue weighted by molar-refractivity contribution is 5.71. The van der Waals surface area contributed by atoms with Crippen molar-refractivity contribution >= 4 is 5.69 Å². The molecule has 3 aromatic rings. The van der Waals surface area contributed by atoms with Gasteiger partial charge in [-0.25, -0.2) is 13.8 Å². The first-order chi connectivity index (χ1) is 15.1. The van der Waals surface area contributed by atoms with E-state index in [9.17, 15) is 8.78 Å². The highest BCUT2D eigenvalue weighted by Gasteiger charge is 2.20. The Morgan fingerprint density at radius 2 is 1.77 bits per heavy atom. The van der Waals surface area contributed by atoms with Crippen LogP contribution in [0.1, 0.15) is 11.1 Å². The summed E-state index contributed by atoms with van der Waals surface area (Å²) >= 11 is 0. The minimum absolute atomic E-state index is 0.275. The van der Waals surface area contributed by atoms with Gasteiger partial charge in [0.05, 0.1) is 19.4 Å². The normalized spacial score (nSPS) is 13.0. The van der Waals surface area contributed by atoms with Gasteiger partial charge >= 0.3 is 0 Å². The second kappa shape index (κ2) is 9.32. The molecule has 0 saturated heterocycles. The largest absolute Gasteiger partial charge is 0.496 e. The maximum atomic E-state index is 13.7. The molecule has 7 heteroatoms. The van der Waals surface area contributed by atoms with Gasteiger partial charge in [-0.2, -0.15) is 0 Å². The fourth-order valence-corrected chi connectivity index (χ4v) is 3.60. The number of rotatable bonds is 8. The van der Waals surface area contributed by atoms with E-state index < -0.39 is 11.6 Å². The topological polar surface area (TPSA) is 43.0 Å². The number of methoxy groups -OCH3 is 2. The molecule has 31 heavy (non-hydrogen) atoms. The molecular formula is C24H24F2N2O3. The third-order valence-electron chi connectivity index (χ3n) is 5.24. The number of ether oxygens (including phenoxy) is 3. The Kier molecular flexibility index (Phi) is 6.34. The first kappa shape index (κ1) is 21.1. The van der Waals surface area contributed by atoms with Crippen LogP contribution in [0.4, 0.5) is 14.5 Å². The van der Waals surface area contributed by atoms with Crippen molar-refractivity contribution in [3.8, 4) is 22.6 Å². The number of nitrogens with one attached hydrogen (secondary N) is 1. The second-order valence-corrected chi connectivity index (χ2v) is 7.26. The first-order valence-corrected chi connectivity index (χ1v) is 9.96. The number of hydrazine groups is 1. The van der Waals surface area contributed by atoms with E-state index in [1.54, 1.807) is 31.4 Å². The number of hydrogen-bond donors (Lipinski definition) is 1. The molecule has 5 nitrogen and oxygen atoms in total. The molecule has 0 unspecified atom stereocenters. The van der Waals surface area contributed by atoms with Gasteiger partial charge in [-0.1, -0.05) is 30.3 Å². The van der Waals surface area contributed by atoms with Crippen molar-refractivity contribution in [1.82, 2.24) is 5.01 Å². The first-order valence-electron chi connectivity index (χ1n) is 9.96. The molecule has 1 N–H and O–H groups in total. The summed E-state index contributed by atoms with van der Waals surface area (Å²) < 4.78 is 43.5. The Balaban J connectivity index is 1.45. The van der Waals surface area contributed by atoms with E-state index in [1.807, 2.05) is 12.1 Å². The van der Waals surface area contributed by atoms with E-state index in [1.165, 1.54) is 12.7 Å². The summed E-state index contributed by atoms with van der Waals surface area (Å²) in [5, 5.41) is 2.11. The van der Waals surface area contributed by atoms with Gasteiger partial charge in [-0.05, 0) is 29.3 Å². The van der Waals surface area contributed by atoms with Crippen molar-refractivity contribution in [3.63, 3.8) is 0 Å². The Hall–Kier alpha value is -3.16. The highest BCUT2D eigenvalue weighted by Crippen LogP contribution is 2.34. The van der Waals surface area contributed by atoms with Gasteiger partial charge < -0.3 is 19.6 Å². The minimum Gasteiger partial charge on any atom is -0.496 e. The van der Waals surface area contributed by atoms with Gasteiger partial charge in [-0.15, -0.1) is 0 Å². The quantitative estimate of drug-likeness (QED) is 0.549. The number of anilines is 1. The zero-order valence-corrected chi connectivity index (χ0v) is 17.5. The Bertz CT molecular complexity index is 1060. The summed E-state index contributed by atoms with van der Waals surface area (Å²) in [6.45, 7) is 2.67. The van der Waals surface area contributed by atoms with Crippen molar-refractivity contribution in [2.24, 2.45) is 0 Å². The average Bonchev–Trinajstić information content (AvgIpc) is 3.22. The maximum absolute atomic E-state index is 13.7. The number of hydrogen-bond acceptors (Lipinski definition) is 5. The Labute approximate surface area is 180 Å². The standard InChI is InChI=1S/C24H24F2N2O3/c1-29-11-10-28-14-17-4-3-5-18(24(17)27-28)15-31-19-8-6-16(7-9-19)20-12-21(25)22(26)13-23(20)30-2/h3-9,12-13,27H,10-11,14-15H2,1-2H3. The van der Waals surface area contributed by atoms with E-state index in [0.717, 1.165) is 36.5 Å². The molecule has 162 valence electrons. The Morgan fingerprint density at radius 1 is 1.00 bits per heavy atom. The SMILES string of the molecule is COCCN1Cc2cccc(COc3ccc(-c4cc(F)c(F)cc4OC)cc3)c2N1. The number of halogens is 2. The molecule has 0 amide bonds. The fourth-order valence-electron chi connectivity index (χ4n) is 3.60. The van der Waals surface area contributed by atoms with E-state index in [4.69, 9.17) is 14.2 Å². The van der Waals surface area contributed by atoms with Crippen LogP contribution in [0, 0.1) is 11.6 Å². The van der Waals surface area contributed by atoms with Gasteiger partial charge in [0, 0.05) is 37.4 Å². The third-order valence-corrected chi connectivity index (χ3v) is 5.24. The third kappa shape index (κ3) is 4.62. The molecule has 0 atom stereocenters. The van der Waals surface area contributed by atoms with Crippen molar-refractivity contribution in [2.45, 2.75) is 13.2 Å². The van der Waals surface area contributed by atoms with Crippen LogP contribution in [0.15, 0.2) is 54.6 Å². The minimum atomic E-state index is -0.939. The number of nitrogens with zero attached hydrogens (tertiary/aromatic N) is 1. The highest BCUT2D eigenvalue weighted by atomic mass is 19.2. The van der Waals surface area contributed by atoms with E-state index in [2.05, 4.69) is 16.5 Å². The second-order valence-electron chi connectivity index (χ2n) is 7.26. The monoisotopic (exact) mass is 426 g/mol. The molecule has 0 saturated carbocycles. The maximum Gasteiger partial charge on any atom is 0.162 e. The average molecular weight is 426 g/mol. The molecule has 0 spiro atoms. The molecule has 0 fully saturated rings. The van der Waals surface area contributed by atoms with Crippen LogP contribution in [0.2, 0.25) is 0 Å². The summed E-state index contributed by atoms with van der Waals surface area (Å²) in [5.41, 5.74) is 7.96. The molecular weight excluding hydrogens is 402 g/mol. The van der Waals surface area contributed by atoms with Crippen LogP contribution in [0.5, 0.6) is 11.5 Å². The van der Waals surface area contributed by atoms with Gasteiger partial charge in [0.1, 0.15) is 18.1 Å². The van der Waals surface area contributed by atoms with Crippen LogP contribution in [-0.4, -0.2) is 32.4 Å². The zero-order valence-electron chi connectivity index (χ0n) is 17.5. The lowest BCUT2D eigenvalue weighted by molar-refractivity contribution is 0.161. The van der Waals surface area contributed by atoms with Crippen LogP contribution in [0.3, 0.4) is 0 Å². The summed E-state index contributed by atoms with van der Waals surface area (Å²) in [6.07, 6.45) is 0. The van der Waals surface area contributed by atoms with Gasteiger partial charge in [0.15, 0.2) is 11.6 Å². The number of fused-ring (bicyclic) bond motifs is 1. The van der Waals surface area contributed by atoms with Crippen molar-refractivity contribution in [1.29, 1.82) is 0 Å². The zero-order chi connectivity index (χ0) is 21.8. The predicted octanol–water partition coefficient (Wildman–Crippen LogP) is 5.01. The van der Waals surface area contributed by atoms with E-state index in [0.29, 0.717) is 30.1 Å². The van der Waals surface area contributed by atoms with Crippen molar-refractivity contribution in [3.05, 3.63) is 77.4 Å². The summed E-state index contributed by atoms with van der Waals surface area (Å²) in [4.78, 5) is 0. The van der Waals surface area contributed by atoms with Crippen molar-refractivity contribution < 1.29 is 23.0 Å². The molecule has 0 bridgehead atoms. The number of para-hydroxylation sites is 1. The lowest BCUT2D eigenvalue weighted by Gasteiger charge is -2.16. The van der Waals surface area contributed by atoms with Crippen LogP contribution >= 0.6 is 0 Å².